The second kappa shape index (κ2) is 7.27. The zero-order valence-electron chi connectivity index (χ0n) is 15.5. The van der Waals surface area contributed by atoms with Crippen molar-refractivity contribution in [2.45, 2.75) is 26.2 Å². The number of amides is 1. The number of hydrogen-bond acceptors (Lipinski definition) is 5. The van der Waals surface area contributed by atoms with Crippen LogP contribution in [-0.2, 0) is 10.0 Å². The minimum Gasteiger partial charge on any atom is -0.356 e. The van der Waals surface area contributed by atoms with Gasteiger partial charge in [0.05, 0.1) is 17.1 Å². The summed E-state index contributed by atoms with van der Waals surface area (Å²) in [7, 11) is -3.30. The molecule has 3 aromatic rings. The van der Waals surface area contributed by atoms with Crippen LogP contribution in [0.1, 0.15) is 35.3 Å². The van der Waals surface area contributed by atoms with Crippen molar-refractivity contribution in [1.29, 1.82) is 0 Å². The number of fused-ring (bicyclic) bond motifs is 1. The van der Waals surface area contributed by atoms with Gasteiger partial charge in [-0.3, -0.25) is 9.10 Å². The second-order valence-corrected chi connectivity index (χ2v) is 8.94. The fourth-order valence-electron chi connectivity index (χ4n) is 3.37. The lowest BCUT2D eigenvalue weighted by atomic mass is 10.1. The molecule has 8 heteroatoms. The van der Waals surface area contributed by atoms with Crippen molar-refractivity contribution in [2.24, 2.45) is 0 Å². The number of rotatable bonds is 3. The third-order valence-corrected chi connectivity index (χ3v) is 6.79. The summed E-state index contributed by atoms with van der Waals surface area (Å²) in [4.78, 5) is 12.6. The maximum absolute atomic E-state index is 12.6. The predicted octanol–water partition coefficient (Wildman–Crippen LogP) is 3.71. The Morgan fingerprint density at radius 3 is 2.68 bits per heavy atom. The van der Waals surface area contributed by atoms with Gasteiger partial charge in [0.1, 0.15) is 0 Å². The molecule has 0 aliphatic carbocycles. The molecule has 146 valence electrons. The Bertz CT molecular complexity index is 1120. The molecule has 0 saturated carbocycles. The van der Waals surface area contributed by atoms with E-state index in [1.54, 1.807) is 36.4 Å². The summed E-state index contributed by atoms with van der Waals surface area (Å²) in [5.41, 5.74) is 3.12. The molecule has 2 aromatic carbocycles. The highest BCUT2D eigenvalue weighted by atomic mass is 32.2. The van der Waals surface area contributed by atoms with Crippen LogP contribution < -0.4 is 9.62 Å². The number of nitrogens with zero attached hydrogens (tertiary/aromatic N) is 2. The summed E-state index contributed by atoms with van der Waals surface area (Å²) in [6.45, 7) is 2.32. The number of anilines is 2. The summed E-state index contributed by atoms with van der Waals surface area (Å²) >= 11 is 0. The zero-order chi connectivity index (χ0) is 19.7. The molecule has 0 atom stereocenters. The first-order valence-electron chi connectivity index (χ1n) is 9.22. The van der Waals surface area contributed by atoms with Gasteiger partial charge in [-0.05, 0) is 62.2 Å². The molecule has 2 heterocycles. The molecule has 1 aliphatic rings. The van der Waals surface area contributed by atoms with Crippen LogP contribution in [0.25, 0.3) is 11.0 Å². The first kappa shape index (κ1) is 18.5. The van der Waals surface area contributed by atoms with Crippen LogP contribution in [0, 0.1) is 6.92 Å². The van der Waals surface area contributed by atoms with E-state index in [-0.39, 0.29) is 11.7 Å². The summed E-state index contributed by atoms with van der Waals surface area (Å²) in [6, 6.07) is 12.0. The Labute approximate surface area is 163 Å². The van der Waals surface area contributed by atoms with Crippen LogP contribution in [0.5, 0.6) is 0 Å². The van der Waals surface area contributed by atoms with Crippen molar-refractivity contribution in [3.8, 4) is 0 Å². The molecule has 1 aromatic heterocycles. The van der Waals surface area contributed by atoms with E-state index in [2.05, 4.69) is 10.5 Å². The van der Waals surface area contributed by atoms with E-state index in [1.165, 1.54) is 4.31 Å². The highest BCUT2D eigenvalue weighted by Gasteiger charge is 2.24. The van der Waals surface area contributed by atoms with Crippen LogP contribution >= 0.6 is 0 Å². The molecular formula is C20H21N3O4S. The van der Waals surface area contributed by atoms with Gasteiger partial charge in [0.25, 0.3) is 5.91 Å². The molecule has 1 fully saturated rings. The molecule has 4 rings (SSSR count). The molecule has 0 unspecified atom stereocenters. The zero-order valence-corrected chi connectivity index (χ0v) is 16.3. The first-order chi connectivity index (χ1) is 13.4. The number of sulfonamides is 1. The quantitative estimate of drug-likeness (QED) is 0.725. The number of carbonyl (C=O) groups is 1. The minimum absolute atomic E-state index is 0.167. The fourth-order valence-corrected chi connectivity index (χ4v) is 5.01. The van der Waals surface area contributed by atoms with Crippen LogP contribution in [0.2, 0.25) is 0 Å². The number of benzene rings is 2. The lowest BCUT2D eigenvalue weighted by Gasteiger charge is -2.22. The SMILES string of the molecule is Cc1noc2ccc(NC(=O)c3ccc(N4CCCCCS4(=O)=O)cc3)cc12. The Morgan fingerprint density at radius 1 is 1.11 bits per heavy atom. The van der Waals surface area contributed by atoms with Gasteiger partial charge in [0.15, 0.2) is 5.58 Å². The van der Waals surface area contributed by atoms with Gasteiger partial charge < -0.3 is 9.84 Å². The number of carbonyl (C=O) groups excluding carboxylic acids is 1. The molecule has 1 aliphatic heterocycles. The fraction of sp³-hybridized carbons (Fsp3) is 0.300. The minimum atomic E-state index is -3.30. The normalized spacial score (nSPS) is 16.7. The predicted molar refractivity (Wildman–Crippen MR) is 108 cm³/mol. The smallest absolute Gasteiger partial charge is 0.255 e. The van der Waals surface area contributed by atoms with Gasteiger partial charge in [0, 0.05) is 23.2 Å². The third kappa shape index (κ3) is 3.60. The van der Waals surface area contributed by atoms with Crippen molar-refractivity contribution >= 4 is 38.3 Å². The van der Waals surface area contributed by atoms with E-state index in [0.29, 0.717) is 35.5 Å². The van der Waals surface area contributed by atoms with E-state index < -0.39 is 10.0 Å². The molecule has 1 saturated heterocycles. The average molecular weight is 399 g/mol. The van der Waals surface area contributed by atoms with Crippen LogP contribution in [0.4, 0.5) is 11.4 Å². The molecule has 7 nitrogen and oxygen atoms in total. The molecule has 1 N–H and O–H groups in total. The van der Waals surface area contributed by atoms with Gasteiger partial charge in [-0.25, -0.2) is 8.42 Å². The summed E-state index contributed by atoms with van der Waals surface area (Å²) in [6.07, 6.45) is 2.44. The molecule has 1 amide bonds. The molecular weight excluding hydrogens is 378 g/mol. The van der Waals surface area contributed by atoms with Gasteiger partial charge in [-0.2, -0.15) is 0 Å². The summed E-state index contributed by atoms with van der Waals surface area (Å²) < 4.78 is 31.4. The van der Waals surface area contributed by atoms with Crippen molar-refractivity contribution in [1.82, 2.24) is 5.16 Å². The van der Waals surface area contributed by atoms with Crippen molar-refractivity contribution in [3.05, 3.63) is 53.7 Å². The maximum Gasteiger partial charge on any atom is 0.255 e. The van der Waals surface area contributed by atoms with E-state index in [4.69, 9.17) is 4.52 Å². The Kier molecular flexibility index (Phi) is 4.80. The van der Waals surface area contributed by atoms with Gasteiger partial charge in [-0.15, -0.1) is 0 Å². The number of aromatic nitrogens is 1. The van der Waals surface area contributed by atoms with E-state index >= 15 is 0 Å². The average Bonchev–Trinajstić information content (AvgIpc) is 2.94. The Morgan fingerprint density at radius 2 is 1.89 bits per heavy atom. The molecule has 28 heavy (non-hydrogen) atoms. The van der Waals surface area contributed by atoms with Gasteiger partial charge >= 0.3 is 0 Å². The van der Waals surface area contributed by atoms with Crippen LogP contribution in [0.15, 0.2) is 47.0 Å². The largest absolute Gasteiger partial charge is 0.356 e. The van der Waals surface area contributed by atoms with Crippen LogP contribution in [-0.4, -0.2) is 31.8 Å². The van der Waals surface area contributed by atoms with Gasteiger partial charge in [-0.1, -0.05) is 11.6 Å². The number of aryl methyl sites for hydroxylation is 1. The van der Waals surface area contributed by atoms with E-state index in [1.807, 2.05) is 13.0 Å². The van der Waals surface area contributed by atoms with E-state index in [0.717, 1.165) is 23.9 Å². The van der Waals surface area contributed by atoms with Crippen molar-refractivity contribution in [2.75, 3.05) is 21.9 Å². The second-order valence-electron chi connectivity index (χ2n) is 6.93. The topological polar surface area (TPSA) is 92.5 Å². The molecule has 0 radical (unpaired) electrons. The lowest BCUT2D eigenvalue weighted by Crippen LogP contribution is -2.32. The number of nitrogens with one attached hydrogen (secondary N) is 1. The highest BCUT2D eigenvalue weighted by molar-refractivity contribution is 7.92. The van der Waals surface area contributed by atoms with E-state index in [9.17, 15) is 13.2 Å². The maximum atomic E-state index is 12.6. The Hall–Kier alpha value is -2.87. The Balaban J connectivity index is 1.52. The number of hydrogen-bond donors (Lipinski definition) is 1. The summed E-state index contributed by atoms with van der Waals surface area (Å²) in [5, 5.41) is 7.60. The van der Waals surface area contributed by atoms with Crippen molar-refractivity contribution < 1.29 is 17.7 Å². The molecule has 0 bridgehead atoms. The first-order valence-corrected chi connectivity index (χ1v) is 10.8. The lowest BCUT2D eigenvalue weighted by molar-refractivity contribution is 0.102. The van der Waals surface area contributed by atoms with Gasteiger partial charge in [0.2, 0.25) is 10.0 Å². The third-order valence-electron chi connectivity index (χ3n) is 4.92. The summed E-state index contributed by atoms with van der Waals surface area (Å²) in [5.74, 6) is -0.0984. The van der Waals surface area contributed by atoms with Crippen molar-refractivity contribution in [3.63, 3.8) is 0 Å². The monoisotopic (exact) mass is 399 g/mol. The van der Waals surface area contributed by atoms with Crippen LogP contribution in [0.3, 0.4) is 0 Å². The molecule has 0 spiro atoms. The highest BCUT2D eigenvalue weighted by Crippen LogP contribution is 2.25. The standard InChI is InChI=1S/C20H21N3O4S/c1-14-18-13-16(7-10-19(18)27-22-14)21-20(24)15-5-8-17(9-6-15)23-11-3-2-4-12-28(23,25)26/h5-10,13H,2-4,11-12H2,1H3,(H,21,24).